The van der Waals surface area contributed by atoms with Crippen LogP contribution >= 0.6 is 6.49 Å². The second-order valence-corrected chi connectivity index (χ2v) is 13.7. The van der Waals surface area contributed by atoms with E-state index in [0.29, 0.717) is 51.0 Å². The van der Waals surface area contributed by atoms with Crippen molar-refractivity contribution in [3.05, 3.63) is 29.8 Å². The van der Waals surface area contributed by atoms with Crippen molar-refractivity contribution in [3.63, 3.8) is 0 Å². The van der Waals surface area contributed by atoms with Crippen LogP contribution in [0.15, 0.2) is 24.3 Å². The molecule has 3 N–H and O–H groups in total. The summed E-state index contributed by atoms with van der Waals surface area (Å²) in [6.45, 7) is 5.58. The highest BCUT2D eigenvalue weighted by Crippen LogP contribution is 2.34. The zero-order chi connectivity index (χ0) is 36.0. The van der Waals surface area contributed by atoms with E-state index < -0.39 is 18.4 Å². The maximum absolute atomic E-state index is 13.6. The van der Waals surface area contributed by atoms with Gasteiger partial charge in [-0.25, -0.2) is 0 Å². The van der Waals surface area contributed by atoms with Crippen LogP contribution in [0.3, 0.4) is 0 Å². The molecule has 0 aliphatic heterocycles. The number of rotatable bonds is 28. The Hall–Kier alpha value is -2.24. The van der Waals surface area contributed by atoms with Crippen molar-refractivity contribution in [2.24, 2.45) is 0 Å². The molecule has 1 aromatic rings. The third kappa shape index (κ3) is 24.8. The van der Waals surface area contributed by atoms with E-state index in [9.17, 15) is 19.3 Å². The Morgan fingerprint density at radius 2 is 1.15 bits per heavy atom. The Balaban J connectivity index is 0.0000108. The molecule has 0 aromatic heterocycles. The van der Waals surface area contributed by atoms with Gasteiger partial charge in [-0.15, -0.1) is 0 Å². The van der Waals surface area contributed by atoms with Gasteiger partial charge in [0.15, 0.2) is 0 Å². The van der Waals surface area contributed by atoms with E-state index in [1.807, 2.05) is 13.8 Å². The molecule has 0 aliphatic carbocycles. The van der Waals surface area contributed by atoms with Crippen molar-refractivity contribution in [2.75, 3.05) is 120 Å². The van der Waals surface area contributed by atoms with Crippen LogP contribution in [-0.4, -0.2) is 149 Å². The topological polar surface area (TPSA) is 178 Å². The number of carbonyl (C=O) groups is 3. The summed E-state index contributed by atoms with van der Waals surface area (Å²) in [5.41, 5.74) is 0.711. The predicted octanol–water partition coefficient (Wildman–Crippen LogP) is -0.0581. The van der Waals surface area contributed by atoms with Gasteiger partial charge in [-0.05, 0) is 30.8 Å². The first-order chi connectivity index (χ1) is 23.1. The fourth-order valence-corrected chi connectivity index (χ4v) is 4.63. The molecule has 0 fully saturated rings. The molecular formula is C31H56N4O11PS-. The lowest BCUT2D eigenvalue weighted by Gasteiger charge is -2.30. The Morgan fingerprint density at radius 1 is 0.729 bits per heavy atom. The molecule has 0 saturated carbocycles. The summed E-state index contributed by atoms with van der Waals surface area (Å²) in [5, 5.41) is 8.38. The predicted molar refractivity (Wildman–Crippen MR) is 185 cm³/mol. The van der Waals surface area contributed by atoms with Crippen molar-refractivity contribution in [2.45, 2.75) is 26.3 Å². The minimum Gasteiger partial charge on any atom is -0.792 e. The van der Waals surface area contributed by atoms with Gasteiger partial charge in [0.1, 0.15) is 5.75 Å². The third-order valence-electron chi connectivity index (χ3n) is 6.04. The minimum absolute atomic E-state index is 0.148. The normalized spacial score (nSPS) is 12.8. The molecular weight excluding hydrogens is 667 g/mol. The Labute approximate surface area is 290 Å². The Kier molecular flexibility index (Phi) is 28.3. The molecule has 0 bridgehead atoms. The molecule has 0 spiro atoms. The zero-order valence-electron chi connectivity index (χ0n) is 29.3. The van der Waals surface area contributed by atoms with Crippen molar-refractivity contribution in [1.82, 2.24) is 20.9 Å². The number of carbonyl (C=O) groups excluding carboxylic acids is 3. The average Bonchev–Trinajstić information content (AvgIpc) is 3.05. The lowest BCUT2D eigenvalue weighted by molar-refractivity contribution is -0.173. The second-order valence-electron chi connectivity index (χ2n) is 9.94. The maximum atomic E-state index is 13.6. The van der Waals surface area contributed by atoms with E-state index in [4.69, 9.17) is 44.8 Å². The second kappa shape index (κ2) is 29.7. The average molecular weight is 724 g/mol. The molecule has 17 heteroatoms. The van der Waals surface area contributed by atoms with Crippen LogP contribution in [0.4, 0.5) is 0 Å². The van der Waals surface area contributed by atoms with Crippen molar-refractivity contribution in [1.29, 1.82) is 0 Å². The third-order valence-corrected chi connectivity index (χ3v) is 6.80. The van der Waals surface area contributed by atoms with Gasteiger partial charge >= 0.3 is 0 Å². The number of amides is 3. The Morgan fingerprint density at radius 3 is 1.54 bits per heavy atom. The van der Waals surface area contributed by atoms with Crippen LogP contribution in [0.1, 0.15) is 19.4 Å². The molecule has 0 heterocycles. The van der Waals surface area contributed by atoms with Crippen molar-refractivity contribution in [3.8, 4) is 5.75 Å². The van der Waals surface area contributed by atoms with Crippen LogP contribution in [0.2, 0.25) is 0 Å². The summed E-state index contributed by atoms with van der Waals surface area (Å²) in [6.07, 6.45) is 0.148. The maximum Gasteiger partial charge on any atom is 0.237 e. The van der Waals surface area contributed by atoms with Crippen LogP contribution < -0.4 is 25.4 Å². The van der Waals surface area contributed by atoms with Crippen molar-refractivity contribution < 1.29 is 52.2 Å². The van der Waals surface area contributed by atoms with E-state index in [-0.39, 0.29) is 70.8 Å². The van der Waals surface area contributed by atoms with Gasteiger partial charge in [-0.2, -0.15) is 0 Å². The lowest BCUT2D eigenvalue weighted by Crippen LogP contribution is -2.54. The van der Waals surface area contributed by atoms with E-state index in [2.05, 4.69) is 16.0 Å². The summed E-state index contributed by atoms with van der Waals surface area (Å²) in [5.74, 6) is -0.847. The van der Waals surface area contributed by atoms with Gasteiger partial charge in [-0.1, -0.05) is 37.8 Å². The van der Waals surface area contributed by atoms with Gasteiger partial charge in [0.25, 0.3) is 0 Å². The Bertz CT molecular complexity index is 1000. The number of methoxy groups -OCH3 is 3. The molecule has 3 amide bonds. The summed E-state index contributed by atoms with van der Waals surface area (Å²) in [7, 11) is 4.70. The number of benzene rings is 1. The highest BCUT2D eigenvalue weighted by molar-refractivity contribution is 8.08. The number of hydrogen-bond acceptors (Lipinski definition) is 13. The van der Waals surface area contributed by atoms with E-state index in [1.165, 1.54) is 11.6 Å². The summed E-state index contributed by atoms with van der Waals surface area (Å²) < 4.78 is 36.4. The molecule has 0 aliphatic rings. The molecule has 0 saturated heterocycles. The van der Waals surface area contributed by atoms with Gasteiger partial charge in [-0.3, -0.25) is 19.3 Å². The standard InChI is InChI=1S/C29H51N4O11PS.C2H6/c1-38-15-18-41-12-9-30-27(34)22-33(23-28(35)31-10-13-42-19-16-39-2)26(29(36)32-11-14-43-20-17-40-3)21-24-5-7-25(8-6-24)44-45(4,37)46;1-2/h5-8,26H,9-23H2,1-4H3,(H,30,34)(H,31,35)(H,32,36)(H,37,46);1-2H3/p-1. The van der Waals surface area contributed by atoms with Gasteiger partial charge in [0.05, 0.1) is 78.6 Å². The molecule has 1 aromatic carbocycles. The first-order valence-electron chi connectivity index (χ1n) is 15.9. The van der Waals surface area contributed by atoms with Crippen LogP contribution in [0.5, 0.6) is 5.75 Å². The monoisotopic (exact) mass is 723 g/mol. The number of nitrogens with zero attached hydrogens (tertiary/aromatic N) is 1. The molecule has 278 valence electrons. The number of hydrogen-bond donors (Lipinski definition) is 3. The number of ether oxygens (including phenoxy) is 6. The van der Waals surface area contributed by atoms with Crippen LogP contribution in [-0.2, 0) is 61.0 Å². The zero-order valence-corrected chi connectivity index (χ0v) is 31.0. The lowest BCUT2D eigenvalue weighted by atomic mass is 10.0. The summed E-state index contributed by atoms with van der Waals surface area (Å²) in [6, 6.07) is 5.71. The highest BCUT2D eigenvalue weighted by Gasteiger charge is 2.29. The van der Waals surface area contributed by atoms with Crippen LogP contribution in [0, 0.1) is 0 Å². The smallest absolute Gasteiger partial charge is 0.237 e. The molecule has 15 nitrogen and oxygen atoms in total. The highest BCUT2D eigenvalue weighted by atomic mass is 32.5. The first kappa shape index (κ1) is 45.8. The summed E-state index contributed by atoms with van der Waals surface area (Å²) >= 11 is 4.86. The first-order valence-corrected chi connectivity index (χ1v) is 19.0. The van der Waals surface area contributed by atoms with Gasteiger partial charge in [0, 0.05) is 47.5 Å². The molecule has 0 radical (unpaired) electrons. The van der Waals surface area contributed by atoms with E-state index >= 15 is 0 Å². The van der Waals surface area contributed by atoms with Crippen molar-refractivity contribution >= 4 is 36.0 Å². The summed E-state index contributed by atoms with van der Waals surface area (Å²) in [4.78, 5) is 53.0. The molecule has 2 unspecified atom stereocenters. The SMILES string of the molecule is CC.COCCOCCNC(=O)CN(CC(=O)NCCOCCOC)C(Cc1ccc(OP(C)([O-])=S)cc1)C(=O)NCCOCCOC. The molecule has 1 rings (SSSR count). The van der Waals surface area contributed by atoms with Gasteiger partial charge < -0.3 is 53.8 Å². The fraction of sp³-hybridized carbons (Fsp3) is 0.710. The van der Waals surface area contributed by atoms with E-state index in [1.54, 1.807) is 45.6 Å². The van der Waals surface area contributed by atoms with E-state index in [0.717, 1.165) is 0 Å². The quantitative estimate of drug-likeness (QED) is 0.0775. The molecule has 2 atom stereocenters. The fourth-order valence-electron chi connectivity index (χ4n) is 3.87. The largest absolute Gasteiger partial charge is 0.792 e. The minimum atomic E-state index is -3.18. The van der Waals surface area contributed by atoms with Gasteiger partial charge in [0.2, 0.25) is 17.7 Å². The number of nitrogens with one attached hydrogen (secondary N) is 3. The van der Waals surface area contributed by atoms with Crippen LogP contribution in [0.25, 0.3) is 0 Å². The molecule has 48 heavy (non-hydrogen) atoms.